The molecule has 0 radical (unpaired) electrons. The smallest absolute Gasteiger partial charge is 0.239 e. The van der Waals surface area contributed by atoms with Gasteiger partial charge in [0, 0.05) is 12.6 Å². The molecule has 1 aliphatic carbocycles. The Kier molecular flexibility index (Phi) is 3.84. The summed E-state index contributed by atoms with van der Waals surface area (Å²) >= 11 is 0. The highest BCUT2D eigenvalue weighted by atomic mass is 16.5. The molecular weight excluding hydrogens is 260 g/mol. The maximum Gasteiger partial charge on any atom is 0.239 e. The van der Waals surface area contributed by atoms with Crippen molar-refractivity contribution >= 4 is 11.7 Å². The van der Waals surface area contributed by atoms with Crippen molar-refractivity contribution in [2.45, 2.75) is 24.9 Å². The number of hydrogen-bond acceptors (Lipinski definition) is 5. The van der Waals surface area contributed by atoms with Gasteiger partial charge in [-0.25, -0.2) is 0 Å². The highest BCUT2D eigenvalue weighted by molar-refractivity contribution is 5.95. The van der Waals surface area contributed by atoms with E-state index in [0.717, 1.165) is 12.8 Å². The van der Waals surface area contributed by atoms with E-state index in [-0.39, 0.29) is 24.3 Å². The monoisotopic (exact) mass is 278 g/mol. The van der Waals surface area contributed by atoms with Crippen LogP contribution in [0.2, 0.25) is 0 Å². The molecule has 6 heteroatoms. The van der Waals surface area contributed by atoms with Crippen molar-refractivity contribution < 1.29 is 18.7 Å². The van der Waals surface area contributed by atoms with Gasteiger partial charge in [-0.05, 0) is 25.0 Å². The molecule has 20 heavy (non-hydrogen) atoms. The van der Waals surface area contributed by atoms with Crippen molar-refractivity contribution in [2.24, 2.45) is 0 Å². The number of furan rings is 1. The third-order valence-electron chi connectivity index (χ3n) is 3.61. The summed E-state index contributed by atoms with van der Waals surface area (Å²) in [5.41, 5.74) is 0. The van der Waals surface area contributed by atoms with Crippen LogP contribution < -0.4 is 5.32 Å². The van der Waals surface area contributed by atoms with E-state index in [0.29, 0.717) is 31.6 Å². The molecule has 2 aliphatic rings. The minimum atomic E-state index is -0.386. The van der Waals surface area contributed by atoms with E-state index in [9.17, 15) is 9.59 Å². The van der Waals surface area contributed by atoms with Crippen LogP contribution in [0.15, 0.2) is 22.8 Å². The standard InChI is InChI=1S/C14H18N2O4/c17-12(13-2-1-6-20-13)8-16-5-7-19-9-11(16)14(18)15-10-3-4-10/h1-2,6,10-11H,3-5,7-9H2,(H,15,18). The summed E-state index contributed by atoms with van der Waals surface area (Å²) < 4.78 is 10.5. The zero-order chi connectivity index (χ0) is 13.9. The molecular formula is C14H18N2O4. The lowest BCUT2D eigenvalue weighted by atomic mass is 10.1. The van der Waals surface area contributed by atoms with Gasteiger partial charge in [0.1, 0.15) is 6.04 Å². The van der Waals surface area contributed by atoms with E-state index >= 15 is 0 Å². The predicted molar refractivity (Wildman–Crippen MR) is 70.4 cm³/mol. The summed E-state index contributed by atoms with van der Waals surface area (Å²) in [7, 11) is 0. The van der Waals surface area contributed by atoms with Crippen molar-refractivity contribution in [3.8, 4) is 0 Å². The Balaban J connectivity index is 1.62. The van der Waals surface area contributed by atoms with Crippen LogP contribution in [0, 0.1) is 0 Å². The molecule has 1 saturated carbocycles. The normalized spacial score (nSPS) is 23.5. The van der Waals surface area contributed by atoms with Crippen LogP contribution in [0.3, 0.4) is 0 Å². The molecule has 1 N–H and O–H groups in total. The fourth-order valence-electron chi connectivity index (χ4n) is 2.29. The molecule has 108 valence electrons. The molecule has 3 rings (SSSR count). The number of ether oxygens (including phenoxy) is 1. The second-order valence-electron chi connectivity index (χ2n) is 5.24. The van der Waals surface area contributed by atoms with Crippen molar-refractivity contribution in [1.29, 1.82) is 0 Å². The summed E-state index contributed by atoms with van der Waals surface area (Å²) in [4.78, 5) is 26.1. The zero-order valence-corrected chi connectivity index (χ0v) is 11.2. The maximum atomic E-state index is 12.2. The summed E-state index contributed by atoms with van der Waals surface area (Å²) in [6.45, 7) is 1.64. The first-order valence-corrected chi connectivity index (χ1v) is 6.93. The van der Waals surface area contributed by atoms with Gasteiger partial charge in [0.2, 0.25) is 11.7 Å². The molecule has 2 fully saturated rings. The van der Waals surface area contributed by atoms with Crippen LogP contribution in [0.5, 0.6) is 0 Å². The fourth-order valence-corrected chi connectivity index (χ4v) is 2.29. The molecule has 1 unspecified atom stereocenters. The number of amides is 1. The van der Waals surface area contributed by atoms with Gasteiger partial charge in [0.05, 0.1) is 26.0 Å². The van der Waals surface area contributed by atoms with E-state index in [1.54, 1.807) is 12.1 Å². The highest BCUT2D eigenvalue weighted by Gasteiger charge is 2.34. The number of hydrogen-bond donors (Lipinski definition) is 1. The SMILES string of the molecule is O=C(CN1CCOCC1C(=O)NC1CC1)c1ccco1. The van der Waals surface area contributed by atoms with Gasteiger partial charge >= 0.3 is 0 Å². The summed E-state index contributed by atoms with van der Waals surface area (Å²) in [6.07, 6.45) is 3.57. The van der Waals surface area contributed by atoms with Crippen LogP contribution in [0.4, 0.5) is 0 Å². The Hall–Kier alpha value is -1.66. The quantitative estimate of drug-likeness (QED) is 0.791. The van der Waals surface area contributed by atoms with Crippen LogP contribution in [-0.2, 0) is 9.53 Å². The summed E-state index contributed by atoms with van der Waals surface area (Å²) in [6, 6.07) is 3.25. The third-order valence-corrected chi connectivity index (χ3v) is 3.61. The number of ketones is 1. The summed E-state index contributed by atoms with van der Waals surface area (Å²) in [5.74, 6) is 0.179. The Bertz CT molecular complexity index is 481. The van der Waals surface area contributed by atoms with Crippen molar-refractivity contribution in [3.05, 3.63) is 24.2 Å². The molecule has 1 saturated heterocycles. The number of Topliss-reactive ketones (excluding diaryl/α,β-unsaturated/α-hetero) is 1. The molecule has 0 bridgehead atoms. The van der Waals surface area contributed by atoms with Crippen LogP contribution in [0.25, 0.3) is 0 Å². The minimum absolute atomic E-state index is 0.0422. The Morgan fingerprint density at radius 1 is 1.40 bits per heavy atom. The second kappa shape index (κ2) is 5.76. The maximum absolute atomic E-state index is 12.2. The van der Waals surface area contributed by atoms with Crippen molar-refractivity contribution in [3.63, 3.8) is 0 Å². The van der Waals surface area contributed by atoms with Crippen LogP contribution >= 0.6 is 0 Å². The number of nitrogens with zero attached hydrogens (tertiary/aromatic N) is 1. The number of morpholine rings is 1. The Morgan fingerprint density at radius 3 is 2.95 bits per heavy atom. The lowest BCUT2D eigenvalue weighted by molar-refractivity contribution is -0.132. The minimum Gasteiger partial charge on any atom is -0.461 e. The molecule has 1 aliphatic heterocycles. The molecule has 0 spiro atoms. The topological polar surface area (TPSA) is 71.8 Å². The molecule has 0 aromatic carbocycles. The number of carbonyl (C=O) groups excluding carboxylic acids is 2. The third kappa shape index (κ3) is 3.08. The molecule has 1 amide bonds. The van der Waals surface area contributed by atoms with E-state index in [2.05, 4.69) is 5.32 Å². The number of rotatable bonds is 5. The average Bonchev–Trinajstić information content (AvgIpc) is 3.08. The van der Waals surface area contributed by atoms with Gasteiger partial charge in [-0.1, -0.05) is 0 Å². The number of carbonyl (C=O) groups is 2. The van der Waals surface area contributed by atoms with Crippen molar-refractivity contribution in [2.75, 3.05) is 26.3 Å². The fraction of sp³-hybridized carbons (Fsp3) is 0.571. The largest absolute Gasteiger partial charge is 0.461 e. The van der Waals surface area contributed by atoms with Crippen LogP contribution in [0.1, 0.15) is 23.4 Å². The highest BCUT2D eigenvalue weighted by Crippen LogP contribution is 2.19. The van der Waals surface area contributed by atoms with Crippen LogP contribution in [-0.4, -0.2) is 55.0 Å². The first kappa shape index (κ1) is 13.3. The van der Waals surface area contributed by atoms with E-state index < -0.39 is 0 Å². The van der Waals surface area contributed by atoms with E-state index in [4.69, 9.17) is 9.15 Å². The van der Waals surface area contributed by atoms with Gasteiger partial charge < -0.3 is 14.5 Å². The van der Waals surface area contributed by atoms with Gasteiger partial charge in [-0.2, -0.15) is 0 Å². The molecule has 1 aromatic rings. The van der Waals surface area contributed by atoms with Gasteiger partial charge in [-0.3, -0.25) is 14.5 Å². The van der Waals surface area contributed by atoms with E-state index in [1.807, 2.05) is 4.90 Å². The Labute approximate surface area is 117 Å². The zero-order valence-electron chi connectivity index (χ0n) is 11.2. The molecule has 1 aromatic heterocycles. The average molecular weight is 278 g/mol. The first-order chi connectivity index (χ1) is 9.74. The first-order valence-electron chi connectivity index (χ1n) is 6.93. The Morgan fingerprint density at radius 2 is 2.25 bits per heavy atom. The van der Waals surface area contributed by atoms with E-state index in [1.165, 1.54) is 6.26 Å². The van der Waals surface area contributed by atoms with Crippen molar-refractivity contribution in [1.82, 2.24) is 10.2 Å². The summed E-state index contributed by atoms with van der Waals surface area (Å²) in [5, 5.41) is 2.97. The van der Waals surface area contributed by atoms with Gasteiger partial charge in [0.25, 0.3) is 0 Å². The predicted octanol–water partition coefficient (Wildman–Crippen LogP) is 0.442. The van der Waals surface area contributed by atoms with Gasteiger partial charge in [-0.15, -0.1) is 0 Å². The molecule has 2 heterocycles. The lowest BCUT2D eigenvalue weighted by Gasteiger charge is -2.33. The number of nitrogens with one attached hydrogen (secondary N) is 1. The van der Waals surface area contributed by atoms with Gasteiger partial charge in [0.15, 0.2) is 5.76 Å². The molecule has 1 atom stereocenters. The molecule has 6 nitrogen and oxygen atoms in total. The lowest BCUT2D eigenvalue weighted by Crippen LogP contribution is -2.55. The second-order valence-corrected chi connectivity index (χ2v) is 5.24.